The number of anilines is 1. The second kappa shape index (κ2) is 7.24. The predicted molar refractivity (Wildman–Crippen MR) is 84.6 cm³/mol. The maximum atomic E-state index is 13.0. The molecule has 0 spiro atoms. The Hall–Kier alpha value is -2.39. The van der Waals surface area contributed by atoms with Crippen molar-refractivity contribution in [3.63, 3.8) is 0 Å². The highest BCUT2D eigenvalue weighted by Gasteiger charge is 2.39. The van der Waals surface area contributed by atoms with Crippen molar-refractivity contribution in [1.82, 2.24) is 0 Å². The molecule has 0 bridgehead atoms. The minimum Gasteiger partial charge on any atom is -0.360 e. The van der Waals surface area contributed by atoms with E-state index in [9.17, 15) is 33.4 Å². The second-order valence-electron chi connectivity index (χ2n) is 6.06. The SMILES string of the molecule is CCN(CC1CCCC1)c1c([N+](=O)[O-])cc(C(F)(F)F)cc1[N+](=O)[O-]. The molecule has 0 radical (unpaired) electrons. The van der Waals surface area contributed by atoms with Crippen LogP contribution in [0.3, 0.4) is 0 Å². The van der Waals surface area contributed by atoms with E-state index in [4.69, 9.17) is 0 Å². The third-order valence-corrected chi connectivity index (χ3v) is 4.44. The molecule has 25 heavy (non-hydrogen) atoms. The van der Waals surface area contributed by atoms with Crippen molar-refractivity contribution in [3.8, 4) is 0 Å². The van der Waals surface area contributed by atoms with Crippen LogP contribution in [0.15, 0.2) is 12.1 Å². The van der Waals surface area contributed by atoms with E-state index in [1.54, 1.807) is 6.92 Å². The van der Waals surface area contributed by atoms with Crippen molar-refractivity contribution in [1.29, 1.82) is 0 Å². The fraction of sp³-hybridized carbons (Fsp3) is 0.600. The highest BCUT2D eigenvalue weighted by Crippen LogP contribution is 2.43. The monoisotopic (exact) mass is 361 g/mol. The standard InChI is InChI=1S/C15H18F3N3O4/c1-2-19(9-10-5-3-4-6-10)14-12(20(22)23)7-11(15(16,17)18)8-13(14)21(24)25/h7-8,10H,2-6,9H2,1H3. The van der Waals surface area contributed by atoms with E-state index in [0.717, 1.165) is 25.7 Å². The first-order valence-electron chi connectivity index (χ1n) is 7.94. The Kier molecular flexibility index (Phi) is 5.48. The quantitative estimate of drug-likeness (QED) is 0.548. The summed E-state index contributed by atoms with van der Waals surface area (Å²) in [5.74, 6) is 0.224. The van der Waals surface area contributed by atoms with Crippen molar-refractivity contribution in [2.75, 3.05) is 18.0 Å². The molecule has 1 aromatic rings. The van der Waals surface area contributed by atoms with Crippen molar-refractivity contribution in [2.45, 2.75) is 38.8 Å². The molecule has 1 aromatic carbocycles. The summed E-state index contributed by atoms with van der Waals surface area (Å²) in [6, 6.07) is 0.749. The maximum Gasteiger partial charge on any atom is 0.416 e. The third kappa shape index (κ3) is 4.18. The molecule has 0 aliphatic heterocycles. The summed E-state index contributed by atoms with van der Waals surface area (Å²) in [5, 5.41) is 22.6. The van der Waals surface area contributed by atoms with Crippen LogP contribution in [-0.4, -0.2) is 22.9 Å². The summed E-state index contributed by atoms with van der Waals surface area (Å²) in [4.78, 5) is 22.1. The summed E-state index contributed by atoms with van der Waals surface area (Å²) >= 11 is 0. The minimum atomic E-state index is -4.91. The molecule has 2 rings (SSSR count). The van der Waals surface area contributed by atoms with E-state index in [1.165, 1.54) is 4.90 Å². The molecule has 0 unspecified atom stereocenters. The van der Waals surface area contributed by atoms with E-state index in [2.05, 4.69) is 0 Å². The number of hydrogen-bond donors (Lipinski definition) is 0. The van der Waals surface area contributed by atoms with E-state index >= 15 is 0 Å². The van der Waals surface area contributed by atoms with Crippen LogP contribution < -0.4 is 4.90 Å². The zero-order chi connectivity index (χ0) is 18.8. The van der Waals surface area contributed by atoms with Gasteiger partial charge in [0.2, 0.25) is 0 Å². The van der Waals surface area contributed by atoms with Gasteiger partial charge in [-0.05, 0) is 25.7 Å². The van der Waals surface area contributed by atoms with Gasteiger partial charge >= 0.3 is 6.18 Å². The number of nitrogens with zero attached hydrogens (tertiary/aromatic N) is 3. The smallest absolute Gasteiger partial charge is 0.360 e. The lowest BCUT2D eigenvalue weighted by atomic mass is 10.1. The summed E-state index contributed by atoms with van der Waals surface area (Å²) in [6.07, 6.45) is -1.08. The van der Waals surface area contributed by atoms with Crippen LogP contribution in [-0.2, 0) is 6.18 Å². The zero-order valence-electron chi connectivity index (χ0n) is 13.6. The topological polar surface area (TPSA) is 89.5 Å². The predicted octanol–water partition coefficient (Wildman–Crippen LogP) is 4.54. The fourth-order valence-electron chi connectivity index (χ4n) is 3.25. The first kappa shape index (κ1) is 18.9. The highest BCUT2D eigenvalue weighted by atomic mass is 19.4. The minimum absolute atomic E-state index is 0.224. The lowest BCUT2D eigenvalue weighted by Crippen LogP contribution is -2.30. The number of alkyl halides is 3. The fourth-order valence-corrected chi connectivity index (χ4v) is 3.25. The van der Waals surface area contributed by atoms with Crippen LogP contribution >= 0.6 is 0 Å². The first-order chi connectivity index (χ1) is 11.6. The highest BCUT2D eigenvalue weighted by molar-refractivity contribution is 5.76. The molecular formula is C15H18F3N3O4. The molecular weight excluding hydrogens is 343 g/mol. The Morgan fingerprint density at radius 2 is 1.60 bits per heavy atom. The Morgan fingerprint density at radius 1 is 1.12 bits per heavy atom. The molecule has 1 fully saturated rings. The zero-order valence-corrected chi connectivity index (χ0v) is 13.6. The van der Waals surface area contributed by atoms with Crippen molar-refractivity contribution in [2.24, 2.45) is 5.92 Å². The molecule has 1 aliphatic rings. The molecule has 0 saturated heterocycles. The van der Waals surface area contributed by atoms with Gasteiger partial charge in [0.1, 0.15) is 0 Å². The Labute approximate surface area is 141 Å². The van der Waals surface area contributed by atoms with E-state index in [0.29, 0.717) is 18.7 Å². The summed E-state index contributed by atoms with van der Waals surface area (Å²) in [5.41, 5.74) is -3.52. The van der Waals surface area contributed by atoms with Crippen molar-refractivity contribution >= 4 is 17.1 Å². The van der Waals surface area contributed by atoms with E-state index < -0.39 is 33.0 Å². The third-order valence-electron chi connectivity index (χ3n) is 4.44. The summed E-state index contributed by atoms with van der Waals surface area (Å²) in [6.45, 7) is 2.24. The molecule has 1 aliphatic carbocycles. The van der Waals surface area contributed by atoms with Gasteiger partial charge in [-0.1, -0.05) is 12.8 Å². The number of benzene rings is 1. The van der Waals surface area contributed by atoms with Gasteiger partial charge in [0.15, 0.2) is 5.69 Å². The number of nitro groups is 2. The number of nitro benzene ring substituents is 2. The van der Waals surface area contributed by atoms with Gasteiger partial charge in [0, 0.05) is 25.2 Å². The molecule has 10 heteroatoms. The van der Waals surface area contributed by atoms with Crippen molar-refractivity contribution < 1.29 is 23.0 Å². The van der Waals surface area contributed by atoms with Gasteiger partial charge in [-0.15, -0.1) is 0 Å². The normalized spacial score (nSPS) is 15.4. The molecule has 0 atom stereocenters. The molecule has 0 N–H and O–H groups in total. The first-order valence-corrected chi connectivity index (χ1v) is 7.94. The average Bonchev–Trinajstić information content (AvgIpc) is 3.03. The maximum absolute atomic E-state index is 13.0. The Morgan fingerprint density at radius 3 is 1.96 bits per heavy atom. The second-order valence-corrected chi connectivity index (χ2v) is 6.06. The molecule has 7 nitrogen and oxygen atoms in total. The van der Waals surface area contributed by atoms with Crippen LogP contribution in [0.25, 0.3) is 0 Å². The molecule has 0 aromatic heterocycles. The number of halogens is 3. The van der Waals surface area contributed by atoms with Crippen LogP contribution in [0.1, 0.15) is 38.2 Å². The Balaban J connectivity index is 2.59. The lowest BCUT2D eigenvalue weighted by Gasteiger charge is -2.26. The molecule has 1 saturated carbocycles. The lowest BCUT2D eigenvalue weighted by molar-refractivity contribution is -0.393. The van der Waals surface area contributed by atoms with Crippen LogP contribution in [0.2, 0.25) is 0 Å². The Bertz CT molecular complexity index is 637. The van der Waals surface area contributed by atoms with Gasteiger partial charge in [-0.3, -0.25) is 20.2 Å². The number of rotatable bonds is 6. The summed E-state index contributed by atoms with van der Waals surface area (Å²) < 4.78 is 38.9. The van der Waals surface area contributed by atoms with Crippen LogP contribution in [0.5, 0.6) is 0 Å². The van der Waals surface area contributed by atoms with Gasteiger partial charge in [-0.25, -0.2) is 0 Å². The number of hydrogen-bond acceptors (Lipinski definition) is 5. The van der Waals surface area contributed by atoms with Gasteiger partial charge < -0.3 is 4.90 Å². The van der Waals surface area contributed by atoms with Crippen LogP contribution in [0, 0.1) is 26.1 Å². The average molecular weight is 361 g/mol. The van der Waals surface area contributed by atoms with Gasteiger partial charge in [0.05, 0.1) is 15.4 Å². The van der Waals surface area contributed by atoms with E-state index in [-0.39, 0.29) is 18.2 Å². The van der Waals surface area contributed by atoms with Crippen molar-refractivity contribution in [3.05, 3.63) is 37.9 Å². The largest absolute Gasteiger partial charge is 0.416 e. The molecule has 0 heterocycles. The van der Waals surface area contributed by atoms with Crippen LogP contribution in [0.4, 0.5) is 30.2 Å². The molecule has 138 valence electrons. The summed E-state index contributed by atoms with van der Waals surface area (Å²) in [7, 11) is 0. The molecule has 0 amide bonds. The van der Waals surface area contributed by atoms with E-state index in [1.807, 2.05) is 0 Å². The van der Waals surface area contributed by atoms with Gasteiger partial charge in [0.25, 0.3) is 11.4 Å². The van der Waals surface area contributed by atoms with Gasteiger partial charge in [-0.2, -0.15) is 13.2 Å².